The number of hydroxylamine groups is 1. The van der Waals surface area contributed by atoms with Crippen molar-refractivity contribution < 1.29 is 23.5 Å². The predicted molar refractivity (Wildman–Crippen MR) is 113 cm³/mol. The summed E-state index contributed by atoms with van der Waals surface area (Å²) < 4.78 is 24.7. The molecule has 2 aliphatic heterocycles. The lowest BCUT2D eigenvalue weighted by molar-refractivity contribution is -0.157. The first-order valence-corrected chi connectivity index (χ1v) is 10.3. The van der Waals surface area contributed by atoms with Crippen molar-refractivity contribution in [1.29, 1.82) is 0 Å². The largest absolute Gasteiger partial charge is 0.489 e. The smallest absolute Gasteiger partial charge is 0.314 e. The summed E-state index contributed by atoms with van der Waals surface area (Å²) >= 11 is 0. The molecule has 0 saturated carbocycles. The molecule has 0 spiro atoms. The maximum atomic E-state index is 13.4. The van der Waals surface area contributed by atoms with E-state index in [4.69, 9.17) is 14.3 Å². The Bertz CT molecular complexity index is 1040. The van der Waals surface area contributed by atoms with Crippen LogP contribution in [0.3, 0.4) is 0 Å². The van der Waals surface area contributed by atoms with E-state index in [1.54, 1.807) is 17.2 Å². The number of fused-ring (bicyclic) bond motifs is 1. The van der Waals surface area contributed by atoms with E-state index in [1.165, 1.54) is 12.1 Å². The Morgan fingerprint density at radius 1 is 0.968 bits per heavy atom. The summed E-state index contributed by atoms with van der Waals surface area (Å²) in [5.41, 5.74) is 2.69. The highest BCUT2D eigenvalue weighted by molar-refractivity contribution is 5.77. The van der Waals surface area contributed by atoms with Crippen molar-refractivity contribution in [3.05, 3.63) is 95.8 Å². The van der Waals surface area contributed by atoms with Gasteiger partial charge in [0.2, 0.25) is 0 Å². The highest BCUT2D eigenvalue weighted by atomic mass is 19.1. The van der Waals surface area contributed by atoms with Crippen LogP contribution in [0.15, 0.2) is 78.9 Å². The van der Waals surface area contributed by atoms with Crippen LogP contribution in [0, 0.1) is 11.7 Å². The zero-order valence-electron chi connectivity index (χ0n) is 16.8. The second-order valence-corrected chi connectivity index (χ2v) is 7.72. The Balaban J connectivity index is 1.40. The molecule has 2 fully saturated rings. The molecule has 3 aromatic carbocycles. The number of rotatable bonds is 5. The SMILES string of the molecule is O=C1OCC[C@@H]2ON(c3ccc(F)cc3)C(c3ccc(OCc4ccccc4)cc3)C12. The van der Waals surface area contributed by atoms with E-state index < -0.39 is 5.92 Å². The second-order valence-electron chi connectivity index (χ2n) is 7.72. The van der Waals surface area contributed by atoms with Gasteiger partial charge < -0.3 is 9.47 Å². The van der Waals surface area contributed by atoms with Crippen LogP contribution >= 0.6 is 0 Å². The van der Waals surface area contributed by atoms with E-state index in [2.05, 4.69) is 0 Å². The Morgan fingerprint density at radius 2 is 1.71 bits per heavy atom. The molecule has 2 unspecified atom stereocenters. The third kappa shape index (κ3) is 3.99. The first-order chi connectivity index (χ1) is 15.2. The average molecular weight is 419 g/mol. The quantitative estimate of drug-likeness (QED) is 0.555. The van der Waals surface area contributed by atoms with E-state index >= 15 is 0 Å². The van der Waals surface area contributed by atoms with Crippen molar-refractivity contribution in [3.8, 4) is 5.75 Å². The first kappa shape index (κ1) is 19.6. The van der Waals surface area contributed by atoms with Gasteiger partial charge in [-0.2, -0.15) is 0 Å². The molecule has 158 valence electrons. The summed E-state index contributed by atoms with van der Waals surface area (Å²) in [4.78, 5) is 18.7. The van der Waals surface area contributed by atoms with Gasteiger partial charge >= 0.3 is 5.97 Å². The topological polar surface area (TPSA) is 48.0 Å². The molecule has 5 rings (SSSR count). The van der Waals surface area contributed by atoms with E-state index in [1.807, 2.05) is 54.6 Å². The summed E-state index contributed by atoms with van der Waals surface area (Å²) in [7, 11) is 0. The maximum Gasteiger partial charge on any atom is 0.314 e. The Labute approximate surface area is 179 Å². The highest BCUT2D eigenvalue weighted by Crippen LogP contribution is 2.45. The molecule has 5 nitrogen and oxygen atoms in total. The van der Waals surface area contributed by atoms with Gasteiger partial charge in [-0.3, -0.25) is 9.63 Å². The number of carbonyl (C=O) groups is 1. The number of benzene rings is 3. The van der Waals surface area contributed by atoms with Crippen molar-refractivity contribution in [2.45, 2.75) is 25.2 Å². The Hall–Kier alpha value is -3.38. The molecule has 2 aliphatic rings. The van der Waals surface area contributed by atoms with Gasteiger partial charge in [0.05, 0.1) is 18.3 Å². The number of halogens is 1. The van der Waals surface area contributed by atoms with Crippen LogP contribution in [-0.4, -0.2) is 18.7 Å². The number of cyclic esters (lactones) is 1. The minimum Gasteiger partial charge on any atom is -0.489 e. The van der Waals surface area contributed by atoms with Gasteiger partial charge in [-0.15, -0.1) is 0 Å². The average Bonchev–Trinajstić information content (AvgIpc) is 3.20. The van der Waals surface area contributed by atoms with Gasteiger partial charge in [0.1, 0.15) is 30.2 Å². The number of esters is 1. The maximum absolute atomic E-state index is 13.4. The van der Waals surface area contributed by atoms with E-state index in [0.717, 1.165) is 16.9 Å². The van der Waals surface area contributed by atoms with Crippen LogP contribution in [0.1, 0.15) is 23.6 Å². The number of hydrogen-bond acceptors (Lipinski definition) is 5. The summed E-state index contributed by atoms with van der Waals surface area (Å²) in [5.74, 6) is -0.302. The lowest BCUT2D eigenvalue weighted by atomic mass is 9.87. The third-order valence-electron chi connectivity index (χ3n) is 5.71. The van der Waals surface area contributed by atoms with Crippen molar-refractivity contribution >= 4 is 11.7 Å². The van der Waals surface area contributed by atoms with Crippen LogP contribution in [0.2, 0.25) is 0 Å². The molecule has 2 saturated heterocycles. The van der Waals surface area contributed by atoms with Crippen LogP contribution in [0.25, 0.3) is 0 Å². The van der Waals surface area contributed by atoms with Gasteiger partial charge in [-0.05, 0) is 47.5 Å². The van der Waals surface area contributed by atoms with Gasteiger partial charge in [0.25, 0.3) is 0 Å². The molecule has 6 heteroatoms. The van der Waals surface area contributed by atoms with E-state index in [0.29, 0.717) is 25.3 Å². The lowest BCUT2D eigenvalue weighted by Gasteiger charge is -2.27. The number of anilines is 1. The summed E-state index contributed by atoms with van der Waals surface area (Å²) in [6.45, 7) is 0.821. The molecule has 0 radical (unpaired) electrons. The number of ether oxygens (including phenoxy) is 2. The Kier molecular flexibility index (Phi) is 5.30. The van der Waals surface area contributed by atoms with Crippen molar-refractivity contribution in [3.63, 3.8) is 0 Å². The molecule has 0 N–H and O–H groups in total. The van der Waals surface area contributed by atoms with Gasteiger partial charge in [-0.1, -0.05) is 42.5 Å². The fraction of sp³-hybridized carbons (Fsp3) is 0.240. The summed E-state index contributed by atoms with van der Waals surface area (Å²) in [6, 6.07) is 23.3. The normalized spacial score (nSPS) is 22.7. The van der Waals surface area contributed by atoms with Crippen LogP contribution in [0.4, 0.5) is 10.1 Å². The Morgan fingerprint density at radius 3 is 2.45 bits per heavy atom. The van der Waals surface area contributed by atoms with Gasteiger partial charge in [0.15, 0.2) is 0 Å². The molecule has 0 bridgehead atoms. The zero-order chi connectivity index (χ0) is 21.2. The van der Waals surface area contributed by atoms with Gasteiger partial charge in [-0.25, -0.2) is 9.45 Å². The zero-order valence-corrected chi connectivity index (χ0v) is 16.8. The molecule has 2 heterocycles. The van der Waals surface area contributed by atoms with Crippen LogP contribution in [-0.2, 0) is 21.0 Å². The summed E-state index contributed by atoms with van der Waals surface area (Å²) in [5, 5.41) is 1.71. The monoisotopic (exact) mass is 419 g/mol. The highest BCUT2D eigenvalue weighted by Gasteiger charge is 2.51. The fourth-order valence-electron chi connectivity index (χ4n) is 4.17. The summed E-state index contributed by atoms with van der Waals surface area (Å²) in [6.07, 6.45) is 0.355. The minimum atomic E-state index is -0.449. The van der Waals surface area contributed by atoms with Crippen molar-refractivity contribution in [1.82, 2.24) is 0 Å². The van der Waals surface area contributed by atoms with E-state index in [9.17, 15) is 9.18 Å². The molecule has 0 aromatic heterocycles. The van der Waals surface area contributed by atoms with Crippen LogP contribution < -0.4 is 9.80 Å². The minimum absolute atomic E-state index is 0.268. The number of carbonyl (C=O) groups excluding carboxylic acids is 1. The number of hydrogen-bond donors (Lipinski definition) is 0. The third-order valence-corrected chi connectivity index (χ3v) is 5.71. The second kappa shape index (κ2) is 8.40. The number of nitrogens with zero attached hydrogens (tertiary/aromatic N) is 1. The molecule has 31 heavy (non-hydrogen) atoms. The molecular weight excluding hydrogens is 397 g/mol. The predicted octanol–water partition coefficient (Wildman–Crippen LogP) is 4.83. The van der Waals surface area contributed by atoms with Gasteiger partial charge in [0, 0.05) is 6.42 Å². The van der Waals surface area contributed by atoms with Crippen LogP contribution in [0.5, 0.6) is 5.75 Å². The van der Waals surface area contributed by atoms with Crippen molar-refractivity contribution in [2.24, 2.45) is 5.92 Å². The molecule has 0 aliphatic carbocycles. The van der Waals surface area contributed by atoms with Crippen molar-refractivity contribution in [2.75, 3.05) is 11.7 Å². The molecule has 0 amide bonds. The molecule has 3 atom stereocenters. The standard InChI is InChI=1S/C25H22FNO4/c26-19-8-10-20(11-9-19)27-24(23-22(31-27)14-15-29-25(23)28)18-6-12-21(13-7-18)30-16-17-4-2-1-3-5-17/h1-13,22-24H,14-16H2/t22-,23?,24?/m0/s1. The molecular formula is C25H22FNO4. The first-order valence-electron chi connectivity index (χ1n) is 10.3. The van der Waals surface area contributed by atoms with E-state index in [-0.39, 0.29) is 23.9 Å². The lowest BCUT2D eigenvalue weighted by Crippen LogP contribution is -2.36. The fourth-order valence-corrected chi connectivity index (χ4v) is 4.17. The molecule has 3 aromatic rings.